The van der Waals surface area contributed by atoms with E-state index < -0.39 is 12.0 Å². The van der Waals surface area contributed by atoms with Crippen molar-refractivity contribution in [2.45, 2.75) is 32.4 Å². The lowest BCUT2D eigenvalue weighted by atomic mass is 9.92. The fourth-order valence-corrected chi connectivity index (χ4v) is 5.00. The van der Waals surface area contributed by atoms with E-state index in [0.29, 0.717) is 30.0 Å². The van der Waals surface area contributed by atoms with Crippen LogP contribution in [-0.2, 0) is 20.9 Å². The molecule has 8 heteroatoms. The van der Waals surface area contributed by atoms with Gasteiger partial charge in [-0.25, -0.2) is 9.79 Å². The average Bonchev–Trinajstić information content (AvgIpc) is 3.28. The number of nitrogens with one attached hydrogen (secondary N) is 1. The summed E-state index contributed by atoms with van der Waals surface area (Å²) in [6, 6.07) is 16.9. The Labute approximate surface area is 203 Å². The van der Waals surface area contributed by atoms with E-state index in [2.05, 4.69) is 5.32 Å². The van der Waals surface area contributed by atoms with E-state index >= 15 is 0 Å². The van der Waals surface area contributed by atoms with Gasteiger partial charge >= 0.3 is 5.97 Å². The maximum atomic E-state index is 12.9. The van der Waals surface area contributed by atoms with Crippen molar-refractivity contribution >= 4 is 28.8 Å². The lowest BCUT2D eigenvalue weighted by Gasteiger charge is -2.36. The molecular formula is C26H27N3O4S. The van der Waals surface area contributed by atoms with Crippen LogP contribution in [0.5, 0.6) is 5.75 Å². The van der Waals surface area contributed by atoms with Gasteiger partial charge in [0.1, 0.15) is 5.75 Å². The molecule has 0 aliphatic carbocycles. The Balaban J connectivity index is 1.65. The van der Waals surface area contributed by atoms with E-state index in [4.69, 9.17) is 14.5 Å². The Kier molecular flexibility index (Phi) is 7.37. The lowest BCUT2D eigenvalue weighted by molar-refractivity contribution is -0.136. The molecule has 2 aliphatic rings. The monoisotopic (exact) mass is 477 g/mol. The molecule has 34 heavy (non-hydrogen) atoms. The van der Waals surface area contributed by atoms with Crippen LogP contribution in [-0.4, -0.2) is 36.2 Å². The first-order valence-corrected chi connectivity index (χ1v) is 11.9. The molecule has 0 saturated carbocycles. The number of methoxy groups -OCH3 is 2. The largest absolute Gasteiger partial charge is 0.497 e. The first kappa shape index (κ1) is 23.6. The number of rotatable bonds is 8. The molecule has 0 unspecified atom stereocenters. The van der Waals surface area contributed by atoms with E-state index in [9.17, 15) is 9.59 Å². The van der Waals surface area contributed by atoms with Crippen LogP contribution in [0.3, 0.4) is 0 Å². The van der Waals surface area contributed by atoms with Crippen molar-refractivity contribution in [2.24, 2.45) is 4.99 Å². The van der Waals surface area contributed by atoms with Crippen LogP contribution in [0.4, 0.5) is 0 Å². The number of fused-ring (bicyclic) bond motifs is 1. The minimum atomic E-state index is -0.479. The molecule has 176 valence electrons. The number of nitrogens with zero attached hydrogens (tertiary/aromatic N) is 2. The zero-order valence-corrected chi connectivity index (χ0v) is 20.2. The average molecular weight is 478 g/mol. The van der Waals surface area contributed by atoms with Gasteiger partial charge in [0, 0.05) is 12.2 Å². The molecule has 0 bridgehead atoms. The van der Waals surface area contributed by atoms with Gasteiger partial charge in [0.25, 0.3) is 0 Å². The summed E-state index contributed by atoms with van der Waals surface area (Å²) in [5.74, 6) is 0.144. The minimum Gasteiger partial charge on any atom is -0.497 e. The van der Waals surface area contributed by atoms with Gasteiger partial charge in [-0.05, 0) is 35.1 Å². The van der Waals surface area contributed by atoms with E-state index in [1.54, 1.807) is 7.11 Å². The third-order valence-corrected chi connectivity index (χ3v) is 6.60. The number of carbonyl (C=O) groups excluding carboxylic acids is 2. The van der Waals surface area contributed by atoms with Gasteiger partial charge < -0.3 is 19.7 Å². The second-order valence-corrected chi connectivity index (χ2v) is 8.65. The zero-order chi connectivity index (χ0) is 24.1. The number of esters is 1. The summed E-state index contributed by atoms with van der Waals surface area (Å²) in [7, 11) is 2.98. The summed E-state index contributed by atoms with van der Waals surface area (Å²) in [6.45, 7) is 2.42. The van der Waals surface area contributed by atoms with Gasteiger partial charge in [-0.3, -0.25) is 4.79 Å². The number of allylic oxidation sites excluding steroid dienone is 1. The molecule has 2 aliphatic heterocycles. The zero-order valence-electron chi connectivity index (χ0n) is 19.4. The molecule has 7 nitrogen and oxygen atoms in total. The molecule has 1 amide bonds. The molecule has 0 fully saturated rings. The van der Waals surface area contributed by atoms with Gasteiger partial charge in [-0.2, -0.15) is 0 Å². The Morgan fingerprint density at radius 3 is 2.62 bits per heavy atom. The van der Waals surface area contributed by atoms with E-state index in [1.807, 2.05) is 71.8 Å². The van der Waals surface area contributed by atoms with Crippen molar-refractivity contribution in [1.29, 1.82) is 0 Å². The molecule has 2 heterocycles. The molecule has 1 atom stereocenters. The summed E-state index contributed by atoms with van der Waals surface area (Å²) >= 11 is 1.46. The summed E-state index contributed by atoms with van der Waals surface area (Å²) in [5.41, 5.74) is 3.82. The van der Waals surface area contributed by atoms with Crippen LogP contribution in [0.15, 0.2) is 82.0 Å². The summed E-state index contributed by atoms with van der Waals surface area (Å²) < 4.78 is 10.6. The molecule has 4 rings (SSSR count). The number of ether oxygens (including phenoxy) is 2. The normalized spacial score (nSPS) is 17.0. The Hall–Kier alpha value is -3.52. The van der Waals surface area contributed by atoms with Crippen molar-refractivity contribution < 1.29 is 19.1 Å². The second kappa shape index (κ2) is 10.6. The predicted molar refractivity (Wildman–Crippen MR) is 133 cm³/mol. The van der Waals surface area contributed by atoms with E-state index in [0.717, 1.165) is 22.0 Å². The maximum Gasteiger partial charge on any atom is 0.338 e. The van der Waals surface area contributed by atoms with Gasteiger partial charge in [0.15, 0.2) is 5.17 Å². The quantitative estimate of drug-likeness (QED) is 0.563. The topological polar surface area (TPSA) is 80.2 Å². The van der Waals surface area contributed by atoms with Crippen LogP contribution < -0.4 is 10.1 Å². The maximum absolute atomic E-state index is 12.9. The highest BCUT2D eigenvalue weighted by Crippen LogP contribution is 2.45. The van der Waals surface area contributed by atoms with Crippen molar-refractivity contribution in [3.8, 4) is 5.75 Å². The molecule has 0 aromatic heterocycles. The first-order chi connectivity index (χ1) is 16.5. The van der Waals surface area contributed by atoms with Crippen LogP contribution in [0.2, 0.25) is 0 Å². The molecule has 0 saturated heterocycles. The molecule has 1 N–H and O–H groups in total. The van der Waals surface area contributed by atoms with Crippen molar-refractivity contribution in [3.63, 3.8) is 0 Å². The fraction of sp³-hybridized carbons (Fsp3) is 0.269. The van der Waals surface area contributed by atoms with Crippen molar-refractivity contribution in [1.82, 2.24) is 10.2 Å². The standard InChI is InChI=1S/C26H27N3O4S/c1-4-21-23(25(31)33-3)24(18-11-8-12-20(13-18)32-2)29-19(16-34-26(29)28-21)14-22(30)27-15-17-9-6-5-7-10-17/h5-13,16,24H,4,14-15H2,1-3H3,(H,27,30)/t24-/m1/s1. The number of hydrogen-bond acceptors (Lipinski definition) is 7. The smallest absolute Gasteiger partial charge is 0.338 e. The summed E-state index contributed by atoms with van der Waals surface area (Å²) in [6.07, 6.45) is 0.741. The highest BCUT2D eigenvalue weighted by Gasteiger charge is 2.41. The van der Waals surface area contributed by atoms with E-state index in [1.165, 1.54) is 18.9 Å². The van der Waals surface area contributed by atoms with Crippen molar-refractivity contribution in [2.75, 3.05) is 14.2 Å². The SMILES string of the molecule is CCC1=C(C(=O)OC)[C@@H](c2cccc(OC)c2)N2C(CC(=O)NCc3ccccc3)=CSC2=N1. The van der Waals surface area contributed by atoms with Crippen LogP contribution >= 0.6 is 11.8 Å². The number of aliphatic imine (C=N–C) groups is 1. The number of amidine groups is 1. The number of benzene rings is 2. The van der Waals surface area contributed by atoms with Crippen LogP contribution in [0, 0.1) is 0 Å². The van der Waals surface area contributed by atoms with Crippen LogP contribution in [0.25, 0.3) is 0 Å². The van der Waals surface area contributed by atoms with E-state index in [-0.39, 0.29) is 12.3 Å². The fourth-order valence-electron chi connectivity index (χ4n) is 4.06. The molecule has 0 spiro atoms. The number of thioether (sulfide) groups is 1. The Morgan fingerprint density at radius 1 is 1.12 bits per heavy atom. The third-order valence-electron chi connectivity index (χ3n) is 5.71. The number of carbonyl (C=O) groups is 2. The minimum absolute atomic E-state index is 0.105. The van der Waals surface area contributed by atoms with Gasteiger partial charge in [-0.15, -0.1) is 0 Å². The molecule has 0 radical (unpaired) electrons. The van der Waals surface area contributed by atoms with Gasteiger partial charge in [-0.1, -0.05) is 61.2 Å². The Morgan fingerprint density at radius 2 is 1.91 bits per heavy atom. The Bertz CT molecular complexity index is 1170. The highest BCUT2D eigenvalue weighted by atomic mass is 32.2. The lowest BCUT2D eigenvalue weighted by Crippen LogP contribution is -2.38. The van der Waals surface area contributed by atoms with Crippen LogP contribution in [0.1, 0.15) is 36.9 Å². The van der Waals surface area contributed by atoms with Crippen molar-refractivity contribution in [3.05, 3.63) is 88.1 Å². The number of hydrogen-bond donors (Lipinski definition) is 1. The summed E-state index contributed by atoms with van der Waals surface area (Å²) in [4.78, 5) is 32.5. The second-order valence-electron chi connectivity index (χ2n) is 7.82. The predicted octanol–water partition coefficient (Wildman–Crippen LogP) is 4.54. The third kappa shape index (κ3) is 4.87. The first-order valence-electron chi connectivity index (χ1n) is 11.0. The highest BCUT2D eigenvalue weighted by molar-refractivity contribution is 8.16. The summed E-state index contributed by atoms with van der Waals surface area (Å²) in [5, 5.41) is 5.65. The number of amides is 1. The van der Waals surface area contributed by atoms with Gasteiger partial charge in [0.05, 0.1) is 38.0 Å². The molecule has 2 aromatic carbocycles. The molecule has 2 aromatic rings. The molecular weight excluding hydrogens is 450 g/mol. The van der Waals surface area contributed by atoms with Gasteiger partial charge in [0.2, 0.25) is 5.91 Å².